The Morgan fingerprint density at radius 1 is 1.17 bits per heavy atom. The lowest BCUT2D eigenvalue weighted by Gasteiger charge is -2.12. The van der Waals surface area contributed by atoms with Crippen molar-refractivity contribution in [1.29, 1.82) is 0 Å². The van der Waals surface area contributed by atoms with Gasteiger partial charge in [-0.1, -0.05) is 17.7 Å². The summed E-state index contributed by atoms with van der Waals surface area (Å²) >= 11 is 5.89. The van der Waals surface area contributed by atoms with Gasteiger partial charge in [0.2, 0.25) is 0 Å². The van der Waals surface area contributed by atoms with E-state index in [1.807, 2.05) is 0 Å². The third-order valence-electron chi connectivity index (χ3n) is 2.56. The fraction of sp³-hybridized carbons (Fsp3) is 0.0769. The molecule has 0 fully saturated rings. The molecule has 18 heavy (non-hydrogen) atoms. The summed E-state index contributed by atoms with van der Waals surface area (Å²) in [5.41, 5.74) is 7.52. The molecule has 0 heterocycles. The summed E-state index contributed by atoms with van der Waals surface area (Å²) < 4.78 is 26.6. The molecule has 2 aromatic carbocycles. The van der Waals surface area contributed by atoms with Crippen molar-refractivity contribution in [3.63, 3.8) is 0 Å². The van der Waals surface area contributed by atoms with Crippen LogP contribution in [0.25, 0.3) is 0 Å². The maximum absolute atomic E-state index is 13.5. The van der Waals surface area contributed by atoms with Crippen LogP contribution in [0.1, 0.15) is 5.56 Å². The largest absolute Gasteiger partial charge is 0.398 e. The van der Waals surface area contributed by atoms with Gasteiger partial charge in [-0.25, -0.2) is 8.78 Å². The van der Waals surface area contributed by atoms with E-state index >= 15 is 0 Å². The number of nitrogens with two attached hydrogens (primary N) is 1. The summed E-state index contributed by atoms with van der Waals surface area (Å²) in [4.78, 5) is 0. The van der Waals surface area contributed by atoms with Crippen LogP contribution in [0, 0.1) is 18.6 Å². The fourth-order valence-corrected chi connectivity index (χ4v) is 1.75. The molecule has 2 aromatic rings. The maximum Gasteiger partial charge on any atom is 0.182 e. The molecule has 2 nitrogen and oxygen atoms in total. The number of anilines is 3. The SMILES string of the molecule is Cc1cc(N)c(Cl)cc1Nc1cccc(F)c1F. The van der Waals surface area contributed by atoms with Crippen molar-refractivity contribution in [2.45, 2.75) is 6.92 Å². The first kappa shape index (κ1) is 12.6. The number of benzene rings is 2. The number of rotatable bonds is 2. The molecule has 3 N–H and O–H groups in total. The van der Waals surface area contributed by atoms with E-state index in [2.05, 4.69) is 5.32 Å². The van der Waals surface area contributed by atoms with E-state index in [1.54, 1.807) is 19.1 Å². The third kappa shape index (κ3) is 2.38. The molecule has 0 spiro atoms. The van der Waals surface area contributed by atoms with Gasteiger partial charge in [0, 0.05) is 5.69 Å². The van der Waals surface area contributed by atoms with Crippen LogP contribution in [0.5, 0.6) is 0 Å². The Balaban J connectivity index is 2.40. The number of nitrogens with one attached hydrogen (secondary N) is 1. The molecule has 0 aliphatic rings. The Morgan fingerprint density at radius 2 is 1.89 bits per heavy atom. The summed E-state index contributed by atoms with van der Waals surface area (Å²) in [5, 5.41) is 3.16. The Labute approximate surface area is 108 Å². The zero-order valence-corrected chi connectivity index (χ0v) is 10.4. The Kier molecular flexibility index (Phi) is 3.39. The van der Waals surface area contributed by atoms with Crippen LogP contribution >= 0.6 is 11.6 Å². The maximum atomic E-state index is 13.5. The van der Waals surface area contributed by atoms with Crippen LogP contribution < -0.4 is 11.1 Å². The molecule has 94 valence electrons. The van der Waals surface area contributed by atoms with Crippen molar-refractivity contribution in [2.75, 3.05) is 11.1 Å². The Hall–Kier alpha value is -1.81. The first-order valence-electron chi connectivity index (χ1n) is 5.25. The number of aryl methyl sites for hydroxylation is 1. The molecule has 0 saturated carbocycles. The van der Waals surface area contributed by atoms with Gasteiger partial charge in [0.25, 0.3) is 0 Å². The summed E-state index contributed by atoms with van der Waals surface area (Å²) in [6.07, 6.45) is 0. The van der Waals surface area contributed by atoms with Gasteiger partial charge in [0.15, 0.2) is 11.6 Å². The summed E-state index contributed by atoms with van der Waals surface area (Å²) in [6, 6.07) is 7.18. The summed E-state index contributed by atoms with van der Waals surface area (Å²) in [5.74, 6) is -1.83. The molecule has 0 saturated heterocycles. The second kappa shape index (κ2) is 4.82. The zero-order valence-electron chi connectivity index (χ0n) is 9.60. The van der Waals surface area contributed by atoms with Crippen molar-refractivity contribution in [3.05, 3.63) is 52.6 Å². The van der Waals surface area contributed by atoms with Crippen molar-refractivity contribution < 1.29 is 8.78 Å². The highest BCUT2D eigenvalue weighted by atomic mass is 35.5. The quantitative estimate of drug-likeness (QED) is 0.799. The average molecular weight is 269 g/mol. The predicted octanol–water partition coefficient (Wildman–Crippen LogP) is 4.25. The van der Waals surface area contributed by atoms with Gasteiger partial charge >= 0.3 is 0 Å². The van der Waals surface area contributed by atoms with Gasteiger partial charge in [-0.3, -0.25) is 0 Å². The van der Waals surface area contributed by atoms with E-state index in [0.29, 0.717) is 16.4 Å². The molecule has 0 aliphatic carbocycles. The first-order chi connectivity index (χ1) is 8.49. The number of nitrogen functional groups attached to an aromatic ring is 1. The van der Waals surface area contributed by atoms with E-state index in [9.17, 15) is 8.78 Å². The molecule has 5 heteroatoms. The normalized spacial score (nSPS) is 10.4. The third-order valence-corrected chi connectivity index (χ3v) is 2.89. The molecular weight excluding hydrogens is 258 g/mol. The molecule has 0 radical (unpaired) electrons. The van der Waals surface area contributed by atoms with Crippen molar-refractivity contribution in [3.8, 4) is 0 Å². The van der Waals surface area contributed by atoms with Crippen molar-refractivity contribution in [1.82, 2.24) is 0 Å². The highest BCUT2D eigenvalue weighted by Crippen LogP contribution is 2.30. The molecule has 0 aromatic heterocycles. The van der Waals surface area contributed by atoms with Crippen molar-refractivity contribution in [2.24, 2.45) is 0 Å². The molecular formula is C13H11ClF2N2. The highest BCUT2D eigenvalue weighted by Gasteiger charge is 2.10. The second-order valence-corrected chi connectivity index (χ2v) is 4.32. The fourth-order valence-electron chi connectivity index (χ4n) is 1.58. The minimum Gasteiger partial charge on any atom is -0.398 e. The first-order valence-corrected chi connectivity index (χ1v) is 5.63. The van der Waals surface area contributed by atoms with Gasteiger partial charge in [-0.15, -0.1) is 0 Å². The zero-order chi connectivity index (χ0) is 13.3. The summed E-state index contributed by atoms with van der Waals surface area (Å²) in [7, 11) is 0. The predicted molar refractivity (Wildman–Crippen MR) is 70.2 cm³/mol. The molecule has 2 rings (SSSR count). The van der Waals surface area contributed by atoms with Gasteiger partial charge in [0.05, 0.1) is 16.4 Å². The average Bonchev–Trinajstić information content (AvgIpc) is 2.32. The molecule has 0 unspecified atom stereocenters. The Bertz CT molecular complexity index is 600. The van der Waals surface area contributed by atoms with Crippen LogP contribution in [0.3, 0.4) is 0 Å². The van der Waals surface area contributed by atoms with E-state index in [0.717, 1.165) is 11.6 Å². The second-order valence-electron chi connectivity index (χ2n) is 3.92. The van der Waals surface area contributed by atoms with Crippen LogP contribution in [0.15, 0.2) is 30.3 Å². The number of halogens is 3. The van der Waals surface area contributed by atoms with Gasteiger partial charge in [0.1, 0.15) is 0 Å². The lowest BCUT2D eigenvalue weighted by molar-refractivity contribution is 0.512. The minimum atomic E-state index is -0.926. The number of hydrogen-bond acceptors (Lipinski definition) is 2. The van der Waals surface area contributed by atoms with Crippen LogP contribution in [0.2, 0.25) is 5.02 Å². The topological polar surface area (TPSA) is 38.0 Å². The molecule has 0 atom stereocenters. The van der Waals surface area contributed by atoms with E-state index in [-0.39, 0.29) is 5.69 Å². The molecule has 0 amide bonds. The lowest BCUT2D eigenvalue weighted by atomic mass is 10.1. The van der Waals surface area contributed by atoms with Gasteiger partial charge in [-0.05, 0) is 36.8 Å². The van der Waals surface area contributed by atoms with Crippen LogP contribution in [-0.2, 0) is 0 Å². The van der Waals surface area contributed by atoms with E-state index in [1.165, 1.54) is 12.1 Å². The van der Waals surface area contributed by atoms with Crippen LogP contribution in [0.4, 0.5) is 25.8 Å². The standard InChI is InChI=1S/C13H11ClF2N2/c1-7-5-10(17)8(14)6-12(7)18-11-4-2-3-9(15)13(11)16/h2-6,18H,17H2,1H3. The minimum absolute atomic E-state index is 0.0546. The smallest absolute Gasteiger partial charge is 0.182 e. The molecule has 0 aliphatic heterocycles. The highest BCUT2D eigenvalue weighted by molar-refractivity contribution is 6.33. The van der Waals surface area contributed by atoms with Gasteiger partial charge < -0.3 is 11.1 Å². The van der Waals surface area contributed by atoms with Crippen LogP contribution in [-0.4, -0.2) is 0 Å². The Morgan fingerprint density at radius 3 is 2.61 bits per heavy atom. The van der Waals surface area contributed by atoms with Gasteiger partial charge in [-0.2, -0.15) is 0 Å². The molecule has 0 bridgehead atoms. The number of hydrogen-bond donors (Lipinski definition) is 2. The summed E-state index contributed by atoms with van der Waals surface area (Å²) in [6.45, 7) is 1.80. The monoisotopic (exact) mass is 268 g/mol. The lowest BCUT2D eigenvalue weighted by Crippen LogP contribution is -1.99. The van der Waals surface area contributed by atoms with E-state index in [4.69, 9.17) is 17.3 Å². The van der Waals surface area contributed by atoms with E-state index < -0.39 is 11.6 Å². The van der Waals surface area contributed by atoms with Crippen molar-refractivity contribution >= 4 is 28.7 Å².